The number of fused-ring (bicyclic) bond motifs is 5. The SMILES string of the molecule is CC[C@H]1[C@@H](O)[C@H]2C3CC[C@H]([C@H](C)CCC(=O)O)[C@@]3(C)C[C@H](O)C2[C@@]2(C)CCCC[C@@H]12. The molecule has 30 heavy (non-hydrogen) atoms. The van der Waals surface area contributed by atoms with E-state index in [2.05, 4.69) is 27.7 Å². The molecule has 4 heteroatoms. The number of carboxylic acids is 1. The van der Waals surface area contributed by atoms with Crippen LogP contribution in [0, 0.1) is 52.3 Å². The Labute approximate surface area is 182 Å². The fourth-order valence-corrected chi connectivity index (χ4v) is 9.68. The molecule has 11 atom stereocenters. The topological polar surface area (TPSA) is 77.8 Å². The maximum Gasteiger partial charge on any atom is 0.303 e. The van der Waals surface area contributed by atoms with E-state index in [1.165, 1.54) is 25.7 Å². The van der Waals surface area contributed by atoms with E-state index in [0.29, 0.717) is 36.0 Å². The van der Waals surface area contributed by atoms with Gasteiger partial charge in [-0.1, -0.05) is 47.0 Å². The molecule has 0 aromatic carbocycles. The third kappa shape index (κ3) is 3.27. The van der Waals surface area contributed by atoms with Crippen LogP contribution in [-0.2, 0) is 4.79 Å². The molecule has 0 aromatic heterocycles. The molecule has 0 bridgehead atoms. The number of aliphatic carboxylic acids is 1. The first-order valence-electron chi connectivity index (χ1n) is 12.7. The Morgan fingerprint density at radius 3 is 2.47 bits per heavy atom. The molecule has 4 rings (SSSR count). The lowest BCUT2D eigenvalue weighted by molar-refractivity contribution is -0.229. The van der Waals surface area contributed by atoms with Crippen LogP contribution in [0.4, 0.5) is 0 Å². The van der Waals surface area contributed by atoms with Crippen molar-refractivity contribution in [2.75, 3.05) is 0 Å². The lowest BCUT2D eigenvalue weighted by Crippen LogP contribution is -2.65. The van der Waals surface area contributed by atoms with Gasteiger partial charge in [-0.2, -0.15) is 0 Å². The Kier molecular flexibility index (Phi) is 6.07. The van der Waals surface area contributed by atoms with E-state index in [1.54, 1.807) is 0 Å². The van der Waals surface area contributed by atoms with Crippen LogP contribution in [0.5, 0.6) is 0 Å². The second-order valence-corrected chi connectivity index (χ2v) is 12.0. The molecule has 0 heterocycles. The van der Waals surface area contributed by atoms with E-state index >= 15 is 0 Å². The quantitative estimate of drug-likeness (QED) is 0.577. The van der Waals surface area contributed by atoms with Gasteiger partial charge >= 0.3 is 5.97 Å². The van der Waals surface area contributed by atoms with Crippen molar-refractivity contribution < 1.29 is 20.1 Å². The summed E-state index contributed by atoms with van der Waals surface area (Å²) in [5.41, 5.74) is 0.159. The van der Waals surface area contributed by atoms with Gasteiger partial charge in [0.25, 0.3) is 0 Å². The van der Waals surface area contributed by atoms with Gasteiger partial charge in [0.1, 0.15) is 0 Å². The van der Waals surface area contributed by atoms with Crippen LogP contribution in [0.15, 0.2) is 0 Å². The van der Waals surface area contributed by atoms with Crippen LogP contribution >= 0.6 is 0 Å². The lowest BCUT2D eigenvalue weighted by atomic mass is 9.41. The average Bonchev–Trinajstić information content (AvgIpc) is 3.02. The minimum atomic E-state index is -0.713. The molecule has 2 unspecified atom stereocenters. The third-order valence-corrected chi connectivity index (χ3v) is 10.8. The second kappa shape index (κ2) is 8.06. The molecule has 0 saturated heterocycles. The first-order chi connectivity index (χ1) is 14.1. The molecule has 4 fully saturated rings. The first-order valence-corrected chi connectivity index (χ1v) is 12.7. The highest BCUT2D eigenvalue weighted by Crippen LogP contribution is 2.69. The maximum absolute atomic E-state index is 11.7. The summed E-state index contributed by atoms with van der Waals surface area (Å²) in [6.45, 7) is 9.25. The highest BCUT2D eigenvalue weighted by Gasteiger charge is 2.66. The Morgan fingerprint density at radius 2 is 1.80 bits per heavy atom. The molecule has 4 saturated carbocycles. The summed E-state index contributed by atoms with van der Waals surface area (Å²) in [5.74, 6) is 1.84. The van der Waals surface area contributed by atoms with Crippen molar-refractivity contribution in [2.24, 2.45) is 52.3 Å². The number of carboxylic acid groups (broad SMARTS) is 1. The van der Waals surface area contributed by atoms with E-state index in [-0.39, 0.29) is 41.3 Å². The van der Waals surface area contributed by atoms with Crippen LogP contribution < -0.4 is 0 Å². The fourth-order valence-electron chi connectivity index (χ4n) is 9.68. The molecule has 4 nitrogen and oxygen atoms in total. The standard InChI is InChI=1S/C26H44O4/c1-5-16-18-8-6-7-13-25(18,3)23-20(27)14-26(4)17(15(2)9-12-21(28)29)10-11-19(26)22(23)24(16)30/h15-20,22-24,27,30H,5-14H2,1-4H3,(H,28,29)/t15-,16-,17-,18+,19?,20+,22+,23?,24-,25+,26-/m1/s1. The van der Waals surface area contributed by atoms with Gasteiger partial charge in [-0.05, 0) is 90.8 Å². The van der Waals surface area contributed by atoms with E-state index < -0.39 is 5.97 Å². The Bertz CT molecular complexity index is 649. The van der Waals surface area contributed by atoms with Gasteiger partial charge < -0.3 is 15.3 Å². The molecule has 0 spiro atoms. The Balaban J connectivity index is 1.66. The van der Waals surface area contributed by atoms with Crippen LogP contribution in [0.1, 0.15) is 91.9 Å². The summed E-state index contributed by atoms with van der Waals surface area (Å²) in [7, 11) is 0. The number of aliphatic hydroxyl groups excluding tert-OH is 2. The Hall–Kier alpha value is -0.610. The minimum Gasteiger partial charge on any atom is -0.481 e. The molecule has 0 aromatic rings. The van der Waals surface area contributed by atoms with Gasteiger partial charge in [-0.15, -0.1) is 0 Å². The number of aliphatic hydroxyl groups is 2. The van der Waals surface area contributed by atoms with E-state index in [4.69, 9.17) is 5.11 Å². The second-order valence-electron chi connectivity index (χ2n) is 12.0. The fraction of sp³-hybridized carbons (Fsp3) is 0.962. The first kappa shape index (κ1) is 22.6. The largest absolute Gasteiger partial charge is 0.481 e. The van der Waals surface area contributed by atoms with E-state index in [0.717, 1.165) is 25.7 Å². The molecule has 0 aliphatic heterocycles. The van der Waals surface area contributed by atoms with Gasteiger partial charge in [0.2, 0.25) is 0 Å². The molecule has 172 valence electrons. The lowest BCUT2D eigenvalue weighted by Gasteiger charge is -2.65. The zero-order valence-electron chi connectivity index (χ0n) is 19.5. The maximum atomic E-state index is 11.7. The highest BCUT2D eigenvalue weighted by molar-refractivity contribution is 5.66. The Morgan fingerprint density at radius 1 is 1.07 bits per heavy atom. The molecule has 0 amide bonds. The van der Waals surface area contributed by atoms with Crippen LogP contribution in [0.2, 0.25) is 0 Å². The van der Waals surface area contributed by atoms with E-state index in [9.17, 15) is 15.0 Å². The monoisotopic (exact) mass is 420 g/mol. The molecular formula is C26H44O4. The van der Waals surface area contributed by atoms with Crippen molar-refractivity contribution in [2.45, 2.75) is 104 Å². The summed E-state index contributed by atoms with van der Waals surface area (Å²) < 4.78 is 0. The summed E-state index contributed by atoms with van der Waals surface area (Å²) in [4.78, 5) is 11.1. The van der Waals surface area contributed by atoms with Crippen molar-refractivity contribution in [1.29, 1.82) is 0 Å². The zero-order valence-corrected chi connectivity index (χ0v) is 19.5. The smallest absolute Gasteiger partial charge is 0.303 e. The summed E-state index contributed by atoms with van der Waals surface area (Å²) in [6, 6.07) is 0. The number of hydrogen-bond acceptors (Lipinski definition) is 3. The third-order valence-electron chi connectivity index (χ3n) is 10.8. The van der Waals surface area contributed by atoms with Crippen molar-refractivity contribution in [1.82, 2.24) is 0 Å². The van der Waals surface area contributed by atoms with Gasteiger partial charge in [0.15, 0.2) is 0 Å². The summed E-state index contributed by atoms with van der Waals surface area (Å²) in [5, 5.41) is 32.5. The van der Waals surface area contributed by atoms with Crippen molar-refractivity contribution in [3.63, 3.8) is 0 Å². The number of carbonyl (C=O) groups is 1. The number of hydrogen-bond donors (Lipinski definition) is 3. The van der Waals surface area contributed by atoms with Crippen molar-refractivity contribution in [3.05, 3.63) is 0 Å². The minimum absolute atomic E-state index is 0.00956. The molecule has 3 N–H and O–H groups in total. The van der Waals surface area contributed by atoms with Crippen LogP contribution in [0.25, 0.3) is 0 Å². The van der Waals surface area contributed by atoms with Gasteiger partial charge in [-0.25, -0.2) is 0 Å². The molecule has 4 aliphatic rings. The molecule has 0 radical (unpaired) electrons. The van der Waals surface area contributed by atoms with Crippen molar-refractivity contribution >= 4 is 5.97 Å². The summed E-state index contributed by atoms with van der Waals surface area (Å²) >= 11 is 0. The average molecular weight is 421 g/mol. The number of rotatable bonds is 5. The van der Waals surface area contributed by atoms with Gasteiger partial charge in [0.05, 0.1) is 12.2 Å². The summed E-state index contributed by atoms with van der Waals surface area (Å²) in [6.07, 6.45) is 9.31. The van der Waals surface area contributed by atoms with Gasteiger partial charge in [0, 0.05) is 6.42 Å². The zero-order chi connectivity index (χ0) is 21.8. The molecular weight excluding hydrogens is 376 g/mol. The van der Waals surface area contributed by atoms with Crippen LogP contribution in [0.3, 0.4) is 0 Å². The highest BCUT2D eigenvalue weighted by atomic mass is 16.4. The normalized spacial score (nSPS) is 51.5. The van der Waals surface area contributed by atoms with E-state index in [1.807, 2.05) is 0 Å². The van der Waals surface area contributed by atoms with Crippen LogP contribution in [-0.4, -0.2) is 33.5 Å². The molecule has 4 aliphatic carbocycles. The predicted molar refractivity (Wildman–Crippen MR) is 118 cm³/mol. The predicted octanol–water partition coefficient (Wildman–Crippen LogP) is 5.11. The van der Waals surface area contributed by atoms with Gasteiger partial charge in [-0.3, -0.25) is 4.79 Å². The van der Waals surface area contributed by atoms with Crippen molar-refractivity contribution in [3.8, 4) is 0 Å².